The smallest absolute Gasteiger partial charge is 0.368 e. The highest BCUT2D eigenvalue weighted by Crippen LogP contribution is 2.32. The van der Waals surface area contributed by atoms with Crippen LogP contribution < -0.4 is 4.90 Å². The number of alkyl halides is 3. The molecule has 0 saturated carbocycles. The van der Waals surface area contributed by atoms with Crippen LogP contribution in [0.25, 0.3) is 11.4 Å². The molecule has 1 fully saturated rings. The van der Waals surface area contributed by atoms with Gasteiger partial charge in [-0.15, -0.1) is 16.8 Å². The molecule has 3 aromatic rings. The summed E-state index contributed by atoms with van der Waals surface area (Å²) in [7, 11) is 0. The van der Waals surface area contributed by atoms with Crippen LogP contribution in [-0.4, -0.2) is 57.5 Å². The number of carbonyl (C=O) groups is 1. The van der Waals surface area contributed by atoms with Crippen LogP contribution in [0, 0.1) is 0 Å². The van der Waals surface area contributed by atoms with Gasteiger partial charge in [-0.05, 0) is 18.2 Å². The maximum Gasteiger partial charge on any atom is 0.416 e. The van der Waals surface area contributed by atoms with Crippen LogP contribution >= 0.6 is 11.8 Å². The Labute approximate surface area is 200 Å². The summed E-state index contributed by atoms with van der Waals surface area (Å²) in [5, 5.41) is 9.20. The van der Waals surface area contributed by atoms with Gasteiger partial charge in [0.05, 0.1) is 11.3 Å². The largest absolute Gasteiger partial charge is 0.416 e. The van der Waals surface area contributed by atoms with Crippen molar-refractivity contribution in [3.63, 3.8) is 0 Å². The quantitative estimate of drug-likeness (QED) is 0.361. The zero-order valence-corrected chi connectivity index (χ0v) is 19.2. The summed E-state index contributed by atoms with van der Waals surface area (Å²) < 4.78 is 41.0. The highest BCUT2D eigenvalue weighted by Gasteiger charge is 2.31. The number of carbonyl (C=O) groups excluding carboxylic acids is 1. The van der Waals surface area contributed by atoms with Crippen molar-refractivity contribution in [2.45, 2.75) is 17.9 Å². The average molecular weight is 488 g/mol. The van der Waals surface area contributed by atoms with Crippen molar-refractivity contribution in [3.8, 4) is 11.4 Å². The minimum absolute atomic E-state index is 0.0388. The fraction of sp³-hybridized carbons (Fsp3) is 0.292. The number of aromatic nitrogens is 3. The Kier molecular flexibility index (Phi) is 7.26. The summed E-state index contributed by atoms with van der Waals surface area (Å²) in [4.78, 5) is 16.4. The number of halogens is 3. The number of hydrogen-bond donors (Lipinski definition) is 0. The molecule has 2 heterocycles. The van der Waals surface area contributed by atoms with E-state index in [1.165, 1.54) is 17.8 Å². The molecule has 0 unspecified atom stereocenters. The lowest BCUT2D eigenvalue weighted by Gasteiger charge is -2.36. The normalized spacial score (nSPS) is 14.3. The van der Waals surface area contributed by atoms with E-state index in [0.717, 1.165) is 17.7 Å². The molecule has 1 amide bonds. The molecule has 0 bridgehead atoms. The lowest BCUT2D eigenvalue weighted by Crippen LogP contribution is -2.49. The fourth-order valence-electron chi connectivity index (χ4n) is 3.80. The van der Waals surface area contributed by atoms with Gasteiger partial charge in [-0.3, -0.25) is 9.36 Å². The summed E-state index contributed by atoms with van der Waals surface area (Å²) in [5.41, 5.74) is 0.779. The van der Waals surface area contributed by atoms with Crippen LogP contribution in [0.3, 0.4) is 0 Å². The Morgan fingerprint density at radius 1 is 1.03 bits per heavy atom. The Hall–Kier alpha value is -3.27. The van der Waals surface area contributed by atoms with Crippen molar-refractivity contribution in [2.24, 2.45) is 0 Å². The first-order valence-corrected chi connectivity index (χ1v) is 11.8. The van der Waals surface area contributed by atoms with Gasteiger partial charge in [0.15, 0.2) is 11.0 Å². The number of piperazine rings is 1. The summed E-state index contributed by atoms with van der Waals surface area (Å²) in [6, 6.07) is 15.0. The van der Waals surface area contributed by atoms with Crippen LogP contribution in [0.5, 0.6) is 0 Å². The summed E-state index contributed by atoms with van der Waals surface area (Å²) >= 11 is 1.32. The van der Waals surface area contributed by atoms with E-state index in [1.807, 2.05) is 39.8 Å². The summed E-state index contributed by atoms with van der Waals surface area (Å²) in [6.45, 7) is 6.17. The van der Waals surface area contributed by atoms with E-state index in [9.17, 15) is 18.0 Å². The molecule has 6 nitrogen and oxygen atoms in total. The maximum absolute atomic E-state index is 13.0. The number of rotatable bonds is 7. The zero-order valence-electron chi connectivity index (χ0n) is 18.4. The highest BCUT2D eigenvalue weighted by atomic mass is 32.2. The Morgan fingerprint density at radius 2 is 1.76 bits per heavy atom. The fourth-order valence-corrected chi connectivity index (χ4v) is 4.65. The maximum atomic E-state index is 13.0. The minimum Gasteiger partial charge on any atom is -0.368 e. The lowest BCUT2D eigenvalue weighted by atomic mass is 10.1. The third-order valence-corrected chi connectivity index (χ3v) is 6.51. The molecule has 0 N–H and O–H groups in total. The van der Waals surface area contributed by atoms with Crippen LogP contribution in [0.1, 0.15) is 5.56 Å². The van der Waals surface area contributed by atoms with Crippen molar-refractivity contribution >= 4 is 23.4 Å². The first-order valence-electron chi connectivity index (χ1n) is 10.8. The number of thioether (sulfide) groups is 1. The molecular weight excluding hydrogens is 463 g/mol. The zero-order chi connectivity index (χ0) is 24.1. The second-order valence-electron chi connectivity index (χ2n) is 7.78. The lowest BCUT2D eigenvalue weighted by molar-refractivity contribution is -0.137. The van der Waals surface area contributed by atoms with Crippen molar-refractivity contribution in [1.29, 1.82) is 0 Å². The predicted molar refractivity (Wildman–Crippen MR) is 127 cm³/mol. The van der Waals surface area contributed by atoms with Crippen LogP contribution in [0.15, 0.2) is 72.4 Å². The minimum atomic E-state index is -4.38. The van der Waals surface area contributed by atoms with Crippen molar-refractivity contribution in [3.05, 3.63) is 72.8 Å². The van der Waals surface area contributed by atoms with Crippen LogP contribution in [0.4, 0.5) is 18.9 Å². The third-order valence-electron chi connectivity index (χ3n) is 5.56. The molecule has 2 aromatic carbocycles. The van der Waals surface area contributed by atoms with E-state index in [1.54, 1.807) is 17.0 Å². The van der Waals surface area contributed by atoms with Crippen molar-refractivity contribution in [1.82, 2.24) is 19.7 Å². The SMILES string of the molecule is C=CCn1c(SCC(=O)N2CCN(c3cccc(C(F)(F)F)c3)CC2)nnc1-c1ccccc1. The Balaban J connectivity index is 1.35. The standard InChI is InChI=1S/C24H24F3N5OS/c1-2-11-32-22(18-7-4-3-5-8-18)28-29-23(32)34-17-21(33)31-14-12-30(13-15-31)20-10-6-9-19(16-20)24(25,26)27/h2-10,16H,1,11-15,17H2. The van der Waals surface area contributed by atoms with Gasteiger partial charge in [0.1, 0.15) is 0 Å². The number of anilines is 1. The molecule has 0 spiro atoms. The number of amides is 1. The Morgan fingerprint density at radius 3 is 2.44 bits per heavy atom. The van der Waals surface area contributed by atoms with E-state index >= 15 is 0 Å². The molecule has 0 aliphatic carbocycles. The van der Waals surface area contributed by atoms with E-state index < -0.39 is 11.7 Å². The molecule has 0 radical (unpaired) electrons. The molecule has 1 aliphatic heterocycles. The van der Waals surface area contributed by atoms with Crippen LogP contribution in [-0.2, 0) is 17.5 Å². The summed E-state index contributed by atoms with van der Waals surface area (Å²) in [5.74, 6) is 0.876. The van der Waals surface area contributed by atoms with E-state index in [0.29, 0.717) is 49.4 Å². The van der Waals surface area contributed by atoms with E-state index in [-0.39, 0.29) is 11.7 Å². The van der Waals surface area contributed by atoms with Crippen molar-refractivity contribution < 1.29 is 18.0 Å². The molecule has 4 rings (SSSR count). The van der Waals surface area contributed by atoms with Gasteiger partial charge < -0.3 is 9.80 Å². The second kappa shape index (κ2) is 10.3. The average Bonchev–Trinajstić information content (AvgIpc) is 3.25. The molecule has 178 valence electrons. The third kappa shape index (κ3) is 5.44. The monoisotopic (exact) mass is 487 g/mol. The number of nitrogens with zero attached hydrogens (tertiary/aromatic N) is 5. The van der Waals surface area contributed by atoms with E-state index in [2.05, 4.69) is 16.8 Å². The van der Waals surface area contributed by atoms with Gasteiger partial charge >= 0.3 is 6.18 Å². The summed E-state index contributed by atoms with van der Waals surface area (Å²) in [6.07, 6.45) is -2.62. The van der Waals surface area contributed by atoms with E-state index in [4.69, 9.17) is 0 Å². The van der Waals surface area contributed by atoms with Crippen molar-refractivity contribution in [2.75, 3.05) is 36.8 Å². The topological polar surface area (TPSA) is 54.3 Å². The molecule has 1 saturated heterocycles. The molecule has 1 aliphatic rings. The van der Waals surface area contributed by atoms with Gasteiger partial charge in [-0.1, -0.05) is 54.2 Å². The second-order valence-corrected chi connectivity index (χ2v) is 8.72. The number of hydrogen-bond acceptors (Lipinski definition) is 5. The van der Waals surface area contributed by atoms with Gasteiger partial charge in [0, 0.05) is 44.0 Å². The molecule has 10 heteroatoms. The van der Waals surface area contributed by atoms with Gasteiger partial charge in [0.25, 0.3) is 0 Å². The van der Waals surface area contributed by atoms with Crippen LogP contribution in [0.2, 0.25) is 0 Å². The van der Waals surface area contributed by atoms with Gasteiger partial charge in [-0.25, -0.2) is 0 Å². The predicted octanol–water partition coefficient (Wildman–Crippen LogP) is 4.59. The van der Waals surface area contributed by atoms with Gasteiger partial charge in [-0.2, -0.15) is 13.2 Å². The molecular formula is C24H24F3N5OS. The number of allylic oxidation sites excluding steroid dienone is 1. The first kappa shape index (κ1) is 23.9. The first-order chi connectivity index (χ1) is 16.4. The molecule has 0 atom stereocenters. The molecule has 1 aromatic heterocycles. The number of benzene rings is 2. The highest BCUT2D eigenvalue weighted by molar-refractivity contribution is 7.99. The van der Waals surface area contributed by atoms with Gasteiger partial charge in [0.2, 0.25) is 5.91 Å². The molecule has 34 heavy (non-hydrogen) atoms. The Bertz CT molecular complexity index is 1140.